The molecule has 4 heterocycles. The number of hydroxylamine groups is 2. The van der Waals surface area contributed by atoms with Gasteiger partial charge in [-0.2, -0.15) is 10.4 Å². The Kier molecular flexibility index (Phi) is 5.94. The quantitative estimate of drug-likeness (QED) is 0.589. The number of piperidine rings is 1. The van der Waals surface area contributed by atoms with Crippen LogP contribution in [0, 0.1) is 23.1 Å². The van der Waals surface area contributed by atoms with Gasteiger partial charge in [-0.3, -0.25) is 14.3 Å². The summed E-state index contributed by atoms with van der Waals surface area (Å²) in [6, 6.07) is 9.61. The molecule has 1 unspecified atom stereocenters. The zero-order valence-electron chi connectivity index (χ0n) is 18.8. The minimum Gasteiger partial charge on any atom is -0.356 e. The van der Waals surface area contributed by atoms with Gasteiger partial charge in [-0.1, -0.05) is 0 Å². The lowest BCUT2D eigenvalue weighted by molar-refractivity contribution is -0.182. The Hall–Kier alpha value is -3.84. The SMILES string of the molecule is Cn1nccc1-c1cc(N2CCC(C(=O)N3OCCC3c3cc(F)cc(C#N)c3)CC2)ncn1. The summed E-state index contributed by atoms with van der Waals surface area (Å²) < 4.78 is 15.7. The van der Waals surface area contributed by atoms with Crippen molar-refractivity contribution in [2.75, 3.05) is 24.6 Å². The molecule has 0 N–H and O–H groups in total. The number of nitrogens with zero attached hydrogens (tertiary/aromatic N) is 7. The number of rotatable bonds is 4. The number of carbonyl (C=O) groups excluding carboxylic acids is 1. The first kappa shape index (κ1) is 22.0. The van der Waals surface area contributed by atoms with Gasteiger partial charge in [0.15, 0.2) is 0 Å². The van der Waals surface area contributed by atoms with Gasteiger partial charge in [0, 0.05) is 44.7 Å². The third-order valence-electron chi connectivity index (χ3n) is 6.46. The lowest BCUT2D eigenvalue weighted by Gasteiger charge is -2.34. The van der Waals surface area contributed by atoms with Gasteiger partial charge in [0.25, 0.3) is 0 Å². The summed E-state index contributed by atoms with van der Waals surface area (Å²) in [5, 5.41) is 14.8. The van der Waals surface area contributed by atoms with Crippen LogP contribution >= 0.6 is 0 Å². The van der Waals surface area contributed by atoms with E-state index < -0.39 is 11.9 Å². The Morgan fingerprint density at radius 2 is 2.00 bits per heavy atom. The minimum absolute atomic E-state index is 0.0943. The van der Waals surface area contributed by atoms with Crippen molar-refractivity contribution in [2.24, 2.45) is 13.0 Å². The van der Waals surface area contributed by atoms with Gasteiger partial charge in [0.05, 0.1) is 35.7 Å². The van der Waals surface area contributed by atoms with Crippen LogP contribution in [0.1, 0.15) is 36.4 Å². The molecule has 0 bridgehead atoms. The van der Waals surface area contributed by atoms with Crippen LogP contribution in [0.15, 0.2) is 42.9 Å². The maximum atomic E-state index is 14.0. The first-order chi connectivity index (χ1) is 16.5. The highest BCUT2D eigenvalue weighted by atomic mass is 19.1. The van der Waals surface area contributed by atoms with Crippen LogP contribution in [0.5, 0.6) is 0 Å². The first-order valence-electron chi connectivity index (χ1n) is 11.3. The van der Waals surface area contributed by atoms with E-state index in [1.165, 1.54) is 17.2 Å². The Labute approximate surface area is 196 Å². The van der Waals surface area contributed by atoms with Crippen LogP contribution in [-0.2, 0) is 16.7 Å². The van der Waals surface area contributed by atoms with Crippen LogP contribution in [-0.4, -0.2) is 50.4 Å². The van der Waals surface area contributed by atoms with Gasteiger partial charge in [-0.05, 0) is 42.7 Å². The molecule has 1 amide bonds. The summed E-state index contributed by atoms with van der Waals surface area (Å²) in [6.07, 6.45) is 5.15. The molecule has 1 aromatic carbocycles. The third kappa shape index (κ3) is 4.22. The van der Waals surface area contributed by atoms with E-state index in [9.17, 15) is 9.18 Å². The number of aromatic nitrogens is 4. The van der Waals surface area contributed by atoms with E-state index in [2.05, 4.69) is 20.0 Å². The fourth-order valence-electron chi connectivity index (χ4n) is 4.68. The van der Waals surface area contributed by atoms with Crippen molar-refractivity contribution in [2.45, 2.75) is 25.3 Å². The lowest BCUT2D eigenvalue weighted by Crippen LogP contribution is -2.42. The average molecular weight is 462 g/mol. The maximum Gasteiger partial charge on any atom is 0.249 e. The number of anilines is 1. The second kappa shape index (κ2) is 9.19. The average Bonchev–Trinajstić information content (AvgIpc) is 3.52. The highest BCUT2D eigenvalue weighted by Crippen LogP contribution is 2.34. The topological polar surface area (TPSA) is 100 Å². The number of nitriles is 1. The minimum atomic E-state index is -0.489. The van der Waals surface area contributed by atoms with Crippen molar-refractivity contribution < 1.29 is 14.0 Å². The molecule has 0 saturated carbocycles. The lowest BCUT2D eigenvalue weighted by atomic mass is 9.94. The molecule has 2 aliphatic rings. The van der Waals surface area contributed by atoms with Crippen LogP contribution in [0.4, 0.5) is 10.2 Å². The van der Waals surface area contributed by atoms with E-state index in [0.29, 0.717) is 44.5 Å². The Balaban J connectivity index is 1.26. The summed E-state index contributed by atoms with van der Waals surface area (Å²) in [6.45, 7) is 1.73. The Morgan fingerprint density at radius 1 is 1.18 bits per heavy atom. The largest absolute Gasteiger partial charge is 0.356 e. The van der Waals surface area contributed by atoms with Crippen molar-refractivity contribution in [3.05, 3.63) is 59.8 Å². The summed E-state index contributed by atoms with van der Waals surface area (Å²) in [4.78, 5) is 29.9. The number of aryl methyl sites for hydroxylation is 1. The van der Waals surface area contributed by atoms with Crippen LogP contribution in [0.25, 0.3) is 11.4 Å². The molecule has 0 aliphatic carbocycles. The number of benzene rings is 1. The Bertz CT molecular complexity index is 1250. The molecular formula is C24H24FN7O2. The summed E-state index contributed by atoms with van der Waals surface area (Å²) >= 11 is 0. The normalized spacial score (nSPS) is 18.8. The molecule has 2 saturated heterocycles. The van der Waals surface area contributed by atoms with Crippen molar-refractivity contribution in [3.8, 4) is 17.5 Å². The maximum absolute atomic E-state index is 14.0. The molecule has 2 aromatic heterocycles. The first-order valence-corrected chi connectivity index (χ1v) is 11.3. The molecule has 9 nitrogen and oxygen atoms in total. The zero-order valence-corrected chi connectivity index (χ0v) is 18.8. The van der Waals surface area contributed by atoms with Gasteiger partial charge in [0.2, 0.25) is 5.91 Å². The number of hydrogen-bond acceptors (Lipinski definition) is 7. The zero-order chi connectivity index (χ0) is 23.7. The molecule has 174 valence electrons. The molecule has 34 heavy (non-hydrogen) atoms. The van der Waals surface area contributed by atoms with E-state index in [0.717, 1.165) is 17.2 Å². The van der Waals surface area contributed by atoms with Gasteiger partial charge in [0.1, 0.15) is 18.0 Å². The smallest absolute Gasteiger partial charge is 0.249 e. The molecule has 0 spiro atoms. The molecule has 3 aromatic rings. The fourth-order valence-corrected chi connectivity index (χ4v) is 4.68. The predicted molar refractivity (Wildman–Crippen MR) is 120 cm³/mol. The predicted octanol–water partition coefficient (Wildman–Crippen LogP) is 3.01. The molecule has 0 radical (unpaired) electrons. The number of carbonyl (C=O) groups is 1. The summed E-state index contributed by atoms with van der Waals surface area (Å²) in [7, 11) is 1.87. The number of halogens is 1. The molecule has 2 fully saturated rings. The summed E-state index contributed by atoms with van der Waals surface area (Å²) in [5.41, 5.74) is 2.52. The van der Waals surface area contributed by atoms with E-state index in [1.807, 2.05) is 25.2 Å². The van der Waals surface area contributed by atoms with Crippen molar-refractivity contribution in [3.63, 3.8) is 0 Å². The number of amides is 1. The van der Waals surface area contributed by atoms with E-state index in [1.54, 1.807) is 23.3 Å². The molecular weight excluding hydrogens is 437 g/mol. The fraction of sp³-hybridized carbons (Fsp3) is 0.375. The van der Waals surface area contributed by atoms with Crippen LogP contribution in [0.3, 0.4) is 0 Å². The number of hydrogen-bond donors (Lipinski definition) is 0. The van der Waals surface area contributed by atoms with Gasteiger partial charge in [-0.15, -0.1) is 0 Å². The van der Waals surface area contributed by atoms with Crippen LogP contribution < -0.4 is 4.90 Å². The van der Waals surface area contributed by atoms with E-state index in [-0.39, 0.29) is 17.4 Å². The monoisotopic (exact) mass is 461 g/mol. The van der Waals surface area contributed by atoms with E-state index in [4.69, 9.17) is 10.1 Å². The highest BCUT2D eigenvalue weighted by molar-refractivity contribution is 5.79. The van der Waals surface area contributed by atoms with Crippen LogP contribution in [0.2, 0.25) is 0 Å². The standard InChI is InChI=1S/C24H24FN7O2/c1-30-22(2-6-29-30)20-13-23(28-15-27-20)31-7-3-17(4-8-31)24(33)32-21(5-9-34-32)18-10-16(14-26)11-19(25)12-18/h2,6,10-13,15,17,21H,3-5,7-9H2,1H3. The molecule has 2 aliphatic heterocycles. The second-order valence-electron chi connectivity index (χ2n) is 8.55. The van der Waals surface area contributed by atoms with Crippen molar-refractivity contribution in [1.29, 1.82) is 5.26 Å². The third-order valence-corrected chi connectivity index (χ3v) is 6.46. The molecule has 10 heteroatoms. The van der Waals surface area contributed by atoms with Crippen molar-refractivity contribution in [1.82, 2.24) is 24.8 Å². The van der Waals surface area contributed by atoms with Gasteiger partial charge < -0.3 is 4.90 Å². The van der Waals surface area contributed by atoms with Gasteiger partial charge >= 0.3 is 0 Å². The molecule has 5 rings (SSSR count). The highest BCUT2D eigenvalue weighted by Gasteiger charge is 2.37. The Morgan fingerprint density at radius 3 is 2.74 bits per heavy atom. The van der Waals surface area contributed by atoms with Crippen molar-refractivity contribution >= 4 is 11.7 Å². The molecule has 1 atom stereocenters. The summed E-state index contributed by atoms with van der Waals surface area (Å²) in [5.74, 6) is 0.0376. The second-order valence-corrected chi connectivity index (χ2v) is 8.55. The van der Waals surface area contributed by atoms with E-state index >= 15 is 0 Å². The van der Waals surface area contributed by atoms with Gasteiger partial charge in [-0.25, -0.2) is 19.4 Å².